The van der Waals surface area contributed by atoms with Crippen LogP contribution in [0.15, 0.2) is 36.4 Å². The number of aryl methyl sites for hydroxylation is 1. The van der Waals surface area contributed by atoms with Gasteiger partial charge in [0.2, 0.25) is 6.79 Å². The molecule has 0 radical (unpaired) electrons. The van der Waals surface area contributed by atoms with Crippen molar-refractivity contribution in [3.05, 3.63) is 58.9 Å². The van der Waals surface area contributed by atoms with Crippen LogP contribution in [0.25, 0.3) is 0 Å². The fraction of sp³-hybridized carbons (Fsp3) is 0.278. The molecule has 0 unspecified atom stereocenters. The van der Waals surface area contributed by atoms with Crippen LogP contribution in [0.2, 0.25) is 0 Å². The summed E-state index contributed by atoms with van der Waals surface area (Å²) in [5.41, 5.74) is 2.19. The van der Waals surface area contributed by atoms with Crippen LogP contribution >= 0.6 is 0 Å². The summed E-state index contributed by atoms with van der Waals surface area (Å²) in [6, 6.07) is 10.4. The average Bonchev–Trinajstić information content (AvgIpc) is 3.18. The van der Waals surface area contributed by atoms with Crippen LogP contribution in [-0.2, 0) is 0 Å². The van der Waals surface area contributed by atoms with Gasteiger partial charge in [-0.1, -0.05) is 6.07 Å². The lowest BCUT2D eigenvalue weighted by Crippen LogP contribution is -2.04. The predicted molar refractivity (Wildman–Crippen MR) is 78.9 cm³/mol. The second kappa shape index (κ2) is 4.83. The van der Waals surface area contributed by atoms with Crippen LogP contribution < -0.4 is 9.47 Å². The van der Waals surface area contributed by atoms with Crippen LogP contribution in [-0.4, -0.2) is 12.6 Å². The Labute approximate surface area is 127 Å². The van der Waals surface area contributed by atoms with E-state index < -0.39 is 0 Å². The molecule has 2 aromatic carbocycles. The highest BCUT2D eigenvalue weighted by molar-refractivity contribution is 6.00. The van der Waals surface area contributed by atoms with E-state index in [0.717, 1.165) is 23.5 Å². The number of hydrogen-bond acceptors (Lipinski definition) is 3. The van der Waals surface area contributed by atoms with Gasteiger partial charge in [0.1, 0.15) is 5.82 Å². The quantitative estimate of drug-likeness (QED) is 0.807. The Bertz CT molecular complexity index is 769. The van der Waals surface area contributed by atoms with Crippen molar-refractivity contribution in [1.29, 1.82) is 0 Å². The molecule has 1 saturated carbocycles. The van der Waals surface area contributed by atoms with Gasteiger partial charge in [0.25, 0.3) is 0 Å². The Balaban J connectivity index is 1.54. The zero-order valence-corrected chi connectivity index (χ0v) is 12.1. The number of carbonyl (C=O) groups is 1. The predicted octanol–water partition coefficient (Wildman–Crippen LogP) is 3.85. The molecule has 1 aliphatic carbocycles. The van der Waals surface area contributed by atoms with Gasteiger partial charge < -0.3 is 9.47 Å². The van der Waals surface area contributed by atoms with E-state index in [1.165, 1.54) is 6.07 Å². The third-order valence-corrected chi connectivity index (χ3v) is 4.39. The molecule has 0 N–H and O–H groups in total. The minimum atomic E-state index is -0.278. The fourth-order valence-corrected chi connectivity index (χ4v) is 3.01. The largest absolute Gasteiger partial charge is 0.454 e. The van der Waals surface area contributed by atoms with E-state index in [1.807, 2.05) is 18.2 Å². The maximum Gasteiger partial charge on any atom is 0.231 e. The number of hydrogen-bond donors (Lipinski definition) is 0. The summed E-state index contributed by atoms with van der Waals surface area (Å²) in [5.74, 6) is 1.50. The molecule has 2 aliphatic rings. The summed E-state index contributed by atoms with van der Waals surface area (Å²) in [7, 11) is 0. The van der Waals surface area contributed by atoms with Crippen LogP contribution in [0, 0.1) is 18.7 Å². The summed E-state index contributed by atoms with van der Waals surface area (Å²) in [6.07, 6.45) is 0.828. The Morgan fingerprint density at radius 2 is 1.95 bits per heavy atom. The highest BCUT2D eigenvalue weighted by Gasteiger charge is 2.44. The second-order valence-corrected chi connectivity index (χ2v) is 5.89. The van der Waals surface area contributed by atoms with E-state index in [2.05, 4.69) is 0 Å². The number of ether oxygens (including phenoxy) is 2. The fourth-order valence-electron chi connectivity index (χ4n) is 3.01. The SMILES string of the molecule is Cc1cc(C(=O)[C@H]2C[C@@H]2c2ccc3c(c2)OCO3)ccc1F. The maximum absolute atomic E-state index is 13.3. The number of fused-ring (bicyclic) bond motifs is 1. The van der Waals surface area contributed by atoms with Crippen LogP contribution in [0.4, 0.5) is 4.39 Å². The van der Waals surface area contributed by atoms with Gasteiger partial charge >= 0.3 is 0 Å². The van der Waals surface area contributed by atoms with Gasteiger partial charge in [-0.25, -0.2) is 4.39 Å². The van der Waals surface area contributed by atoms with Crippen molar-refractivity contribution in [3.63, 3.8) is 0 Å². The summed E-state index contributed by atoms with van der Waals surface area (Å²) < 4.78 is 24.0. The number of Topliss-reactive ketones (excluding diaryl/α,β-unsaturated/α-hetero) is 1. The Morgan fingerprint density at radius 1 is 1.14 bits per heavy atom. The van der Waals surface area contributed by atoms with Gasteiger partial charge in [-0.2, -0.15) is 0 Å². The van der Waals surface area contributed by atoms with Crippen LogP contribution in [0.3, 0.4) is 0 Å². The van der Waals surface area contributed by atoms with Crippen molar-refractivity contribution in [2.24, 2.45) is 5.92 Å². The van der Waals surface area contributed by atoms with Gasteiger partial charge in [0.15, 0.2) is 17.3 Å². The summed E-state index contributed by atoms with van der Waals surface area (Å²) in [5, 5.41) is 0. The highest BCUT2D eigenvalue weighted by atomic mass is 19.1. The Morgan fingerprint density at radius 3 is 2.77 bits per heavy atom. The molecule has 2 atom stereocenters. The normalized spacial score (nSPS) is 21.7. The molecule has 2 aromatic rings. The molecule has 22 heavy (non-hydrogen) atoms. The Hall–Kier alpha value is -2.36. The highest BCUT2D eigenvalue weighted by Crippen LogP contribution is 2.51. The van der Waals surface area contributed by atoms with Crippen molar-refractivity contribution < 1.29 is 18.7 Å². The number of benzene rings is 2. The monoisotopic (exact) mass is 298 g/mol. The lowest BCUT2D eigenvalue weighted by atomic mass is 10.0. The van der Waals surface area contributed by atoms with Crippen molar-refractivity contribution in [3.8, 4) is 11.5 Å². The minimum Gasteiger partial charge on any atom is -0.454 e. The zero-order valence-electron chi connectivity index (χ0n) is 12.1. The van der Waals surface area contributed by atoms with Crippen LogP contribution in [0.1, 0.15) is 33.8 Å². The third kappa shape index (κ3) is 2.15. The minimum absolute atomic E-state index is 0.0229. The molecule has 0 spiro atoms. The summed E-state index contributed by atoms with van der Waals surface area (Å²) >= 11 is 0. The van der Waals surface area contributed by atoms with Gasteiger partial charge in [0, 0.05) is 11.5 Å². The molecule has 1 heterocycles. The molecule has 0 saturated heterocycles. The number of ketones is 1. The summed E-state index contributed by atoms with van der Waals surface area (Å²) in [4.78, 5) is 12.5. The van der Waals surface area contributed by atoms with Crippen molar-refractivity contribution in [1.82, 2.24) is 0 Å². The van der Waals surface area contributed by atoms with E-state index >= 15 is 0 Å². The number of halogens is 1. The van der Waals surface area contributed by atoms with Gasteiger partial charge in [0.05, 0.1) is 0 Å². The first-order chi connectivity index (χ1) is 10.6. The van der Waals surface area contributed by atoms with E-state index in [9.17, 15) is 9.18 Å². The first-order valence-corrected chi connectivity index (χ1v) is 7.33. The zero-order chi connectivity index (χ0) is 15.3. The molecule has 0 amide bonds. The van der Waals surface area contributed by atoms with E-state index in [-0.39, 0.29) is 30.2 Å². The van der Waals surface area contributed by atoms with E-state index in [0.29, 0.717) is 11.1 Å². The average molecular weight is 298 g/mol. The molecule has 1 fully saturated rings. The Kier molecular flexibility index (Phi) is 2.93. The first kappa shape index (κ1) is 13.3. The molecule has 1 aliphatic heterocycles. The second-order valence-electron chi connectivity index (χ2n) is 5.89. The molecular formula is C18H15FO3. The van der Waals surface area contributed by atoms with Gasteiger partial charge in [-0.3, -0.25) is 4.79 Å². The smallest absolute Gasteiger partial charge is 0.231 e. The van der Waals surface area contributed by atoms with Crippen molar-refractivity contribution in [2.75, 3.05) is 6.79 Å². The molecule has 4 rings (SSSR count). The topological polar surface area (TPSA) is 35.5 Å². The number of carbonyl (C=O) groups excluding carboxylic acids is 1. The molecular weight excluding hydrogens is 283 g/mol. The lowest BCUT2D eigenvalue weighted by molar-refractivity contribution is 0.0965. The standard InChI is InChI=1S/C18H15FO3/c1-10-6-12(2-4-15(10)19)18(20)14-8-13(14)11-3-5-16-17(7-11)22-9-21-16/h2-7,13-14H,8-9H2,1H3/t13-,14+/m1/s1. The molecule has 3 nitrogen and oxygen atoms in total. The molecule has 0 aromatic heterocycles. The van der Waals surface area contributed by atoms with Crippen molar-refractivity contribution in [2.45, 2.75) is 19.3 Å². The van der Waals surface area contributed by atoms with Gasteiger partial charge in [-0.15, -0.1) is 0 Å². The van der Waals surface area contributed by atoms with E-state index in [1.54, 1.807) is 19.1 Å². The van der Waals surface area contributed by atoms with Crippen LogP contribution in [0.5, 0.6) is 11.5 Å². The van der Waals surface area contributed by atoms with Gasteiger partial charge in [-0.05, 0) is 60.7 Å². The first-order valence-electron chi connectivity index (χ1n) is 7.33. The third-order valence-electron chi connectivity index (χ3n) is 4.39. The summed E-state index contributed by atoms with van der Waals surface area (Å²) in [6.45, 7) is 1.93. The van der Waals surface area contributed by atoms with Crippen molar-refractivity contribution >= 4 is 5.78 Å². The van der Waals surface area contributed by atoms with E-state index in [4.69, 9.17) is 9.47 Å². The molecule has 0 bridgehead atoms. The maximum atomic E-state index is 13.3. The molecule has 112 valence electrons. The molecule has 4 heteroatoms. The number of rotatable bonds is 3. The lowest BCUT2D eigenvalue weighted by Gasteiger charge is -2.04.